The van der Waals surface area contributed by atoms with Crippen molar-refractivity contribution in [3.63, 3.8) is 0 Å². The van der Waals surface area contributed by atoms with Crippen LogP contribution in [0.3, 0.4) is 0 Å². The first-order chi connectivity index (χ1) is 17.0. The summed E-state index contributed by atoms with van der Waals surface area (Å²) in [5.74, 6) is -0.323. The smallest absolute Gasteiger partial charge is 0.294 e. The van der Waals surface area contributed by atoms with Gasteiger partial charge in [-0.1, -0.05) is 60.7 Å². The second-order valence-electron chi connectivity index (χ2n) is 8.16. The number of ketones is 1. The number of anilines is 1. The fourth-order valence-corrected chi connectivity index (χ4v) is 4.33. The van der Waals surface area contributed by atoms with Crippen LogP contribution in [0.15, 0.2) is 90.2 Å². The molecule has 1 aliphatic rings. The van der Waals surface area contributed by atoms with E-state index in [9.17, 15) is 14.7 Å². The van der Waals surface area contributed by atoms with Gasteiger partial charge in [0.25, 0.3) is 5.91 Å². The first-order valence-corrected chi connectivity index (χ1v) is 11.8. The largest absolute Gasteiger partial charge is 0.503 e. The zero-order valence-electron chi connectivity index (χ0n) is 19.9. The molecule has 0 aliphatic carbocycles. The highest BCUT2D eigenvalue weighted by atomic mass is 16.5. The first kappa shape index (κ1) is 24.1. The van der Waals surface area contributed by atoms with Crippen LogP contribution in [0.5, 0.6) is 11.5 Å². The quantitative estimate of drug-likeness (QED) is 0.417. The number of rotatable bonds is 10. The zero-order chi connectivity index (χ0) is 24.8. The van der Waals surface area contributed by atoms with Gasteiger partial charge in [0, 0.05) is 18.2 Å². The van der Waals surface area contributed by atoms with Gasteiger partial charge in [-0.05, 0) is 43.5 Å². The number of aliphatic hydroxyl groups excluding tert-OH is 1. The van der Waals surface area contributed by atoms with Crippen LogP contribution < -0.4 is 14.4 Å². The van der Waals surface area contributed by atoms with E-state index in [1.807, 2.05) is 74.5 Å². The van der Waals surface area contributed by atoms with Crippen LogP contribution in [0.1, 0.15) is 37.4 Å². The Labute approximate surface area is 205 Å². The minimum atomic E-state index is -0.751. The molecule has 0 saturated carbocycles. The molecule has 35 heavy (non-hydrogen) atoms. The molecule has 0 radical (unpaired) electrons. The molecule has 6 heteroatoms. The highest BCUT2D eigenvalue weighted by molar-refractivity contribution is 6.16. The van der Waals surface area contributed by atoms with Crippen molar-refractivity contribution in [2.24, 2.45) is 0 Å². The number of nitrogens with zero attached hydrogens (tertiary/aromatic N) is 1. The minimum Gasteiger partial charge on any atom is -0.503 e. The van der Waals surface area contributed by atoms with Crippen LogP contribution in [0.25, 0.3) is 0 Å². The Morgan fingerprint density at radius 2 is 1.51 bits per heavy atom. The second kappa shape index (κ2) is 10.9. The predicted molar refractivity (Wildman–Crippen MR) is 135 cm³/mol. The summed E-state index contributed by atoms with van der Waals surface area (Å²) in [5, 5.41) is 10.9. The van der Waals surface area contributed by atoms with Crippen LogP contribution in [-0.2, 0) is 16.0 Å². The lowest BCUT2D eigenvalue weighted by Crippen LogP contribution is -2.31. The number of Topliss-reactive ketones (excluding diaryl/α,β-unsaturated/α-hetero) is 1. The minimum absolute atomic E-state index is 0.115. The summed E-state index contributed by atoms with van der Waals surface area (Å²) >= 11 is 0. The number of hydrogen-bond donors (Lipinski definition) is 1. The van der Waals surface area contributed by atoms with Gasteiger partial charge in [-0.3, -0.25) is 14.5 Å². The fraction of sp³-hybridized carbons (Fsp3) is 0.241. The molecule has 0 fully saturated rings. The Bertz CT molecular complexity index is 1220. The topological polar surface area (TPSA) is 76.1 Å². The number of aliphatic hydroxyl groups is 1. The summed E-state index contributed by atoms with van der Waals surface area (Å²) in [5.41, 5.74) is 2.38. The number of amides is 1. The Kier molecular flexibility index (Phi) is 7.51. The average Bonchev–Trinajstić information content (AvgIpc) is 3.15. The highest BCUT2D eigenvalue weighted by Crippen LogP contribution is 2.43. The Hall–Kier alpha value is -4.06. The lowest BCUT2D eigenvalue weighted by molar-refractivity contribution is -0.118. The van der Waals surface area contributed by atoms with Gasteiger partial charge in [-0.2, -0.15) is 0 Å². The summed E-state index contributed by atoms with van der Waals surface area (Å²) in [6.45, 7) is 4.64. The molecule has 0 saturated heterocycles. The van der Waals surface area contributed by atoms with Crippen molar-refractivity contribution >= 4 is 17.4 Å². The normalized spacial score (nSPS) is 15.4. The Morgan fingerprint density at radius 3 is 2.17 bits per heavy atom. The third-order valence-electron chi connectivity index (χ3n) is 5.91. The lowest BCUT2D eigenvalue weighted by Gasteiger charge is -2.27. The maximum absolute atomic E-state index is 13.4. The molecule has 1 aliphatic heterocycles. The predicted octanol–water partition coefficient (Wildman–Crippen LogP) is 5.59. The monoisotopic (exact) mass is 471 g/mol. The molecule has 0 spiro atoms. The molecule has 1 amide bonds. The number of aryl methyl sites for hydroxylation is 1. The van der Waals surface area contributed by atoms with Gasteiger partial charge in [-0.15, -0.1) is 0 Å². The third-order valence-corrected chi connectivity index (χ3v) is 5.91. The summed E-state index contributed by atoms with van der Waals surface area (Å²) in [4.78, 5) is 28.2. The van der Waals surface area contributed by atoms with Gasteiger partial charge in [0.05, 0.1) is 24.8 Å². The van der Waals surface area contributed by atoms with Crippen molar-refractivity contribution in [2.45, 2.75) is 32.7 Å². The molecular weight excluding hydrogens is 442 g/mol. The third kappa shape index (κ3) is 5.06. The summed E-state index contributed by atoms with van der Waals surface area (Å²) < 4.78 is 11.4. The SMILES string of the molecule is CCOc1ccc(N2C(=O)C(O)=C(C(=O)CCc3ccccc3)C2c2ccccc2)cc1OCC. The van der Waals surface area contributed by atoms with Gasteiger partial charge in [0.2, 0.25) is 0 Å². The van der Waals surface area contributed by atoms with E-state index in [1.165, 1.54) is 4.90 Å². The average molecular weight is 472 g/mol. The Balaban J connectivity index is 1.72. The first-order valence-electron chi connectivity index (χ1n) is 11.8. The van der Waals surface area contributed by atoms with E-state index in [1.54, 1.807) is 18.2 Å². The van der Waals surface area contributed by atoms with E-state index in [4.69, 9.17) is 9.47 Å². The van der Waals surface area contributed by atoms with E-state index in [-0.39, 0.29) is 17.8 Å². The van der Waals surface area contributed by atoms with E-state index >= 15 is 0 Å². The van der Waals surface area contributed by atoms with Crippen LogP contribution in [0.2, 0.25) is 0 Å². The van der Waals surface area contributed by atoms with Gasteiger partial charge in [0.15, 0.2) is 23.0 Å². The summed E-state index contributed by atoms with van der Waals surface area (Å²) in [6, 6.07) is 23.4. The zero-order valence-corrected chi connectivity index (χ0v) is 19.9. The van der Waals surface area contributed by atoms with Crippen LogP contribution in [0, 0.1) is 0 Å². The second-order valence-corrected chi connectivity index (χ2v) is 8.16. The van der Waals surface area contributed by atoms with Gasteiger partial charge >= 0.3 is 0 Å². The van der Waals surface area contributed by atoms with Crippen molar-refractivity contribution in [1.82, 2.24) is 0 Å². The molecule has 1 heterocycles. The molecular formula is C29H29NO5. The van der Waals surface area contributed by atoms with Crippen LogP contribution >= 0.6 is 0 Å². The molecule has 1 N–H and O–H groups in total. The number of ether oxygens (including phenoxy) is 2. The van der Waals surface area contributed by atoms with Crippen molar-refractivity contribution in [2.75, 3.05) is 18.1 Å². The molecule has 1 unspecified atom stereocenters. The maximum atomic E-state index is 13.4. The Morgan fingerprint density at radius 1 is 0.886 bits per heavy atom. The van der Waals surface area contributed by atoms with E-state index in [0.717, 1.165) is 11.1 Å². The van der Waals surface area contributed by atoms with Gasteiger partial charge in [-0.25, -0.2) is 0 Å². The van der Waals surface area contributed by atoms with Gasteiger partial charge < -0.3 is 14.6 Å². The van der Waals surface area contributed by atoms with Crippen molar-refractivity contribution in [3.8, 4) is 11.5 Å². The standard InChI is InChI=1S/C29H29NO5/c1-3-34-24-18-16-22(19-25(24)35-4-2)30-27(21-13-9-6-10-14-21)26(28(32)29(30)33)23(31)17-15-20-11-7-5-8-12-20/h5-14,16,18-19,27,32H,3-4,15,17H2,1-2H3. The molecule has 3 aromatic carbocycles. The summed E-state index contributed by atoms with van der Waals surface area (Å²) in [7, 11) is 0. The lowest BCUT2D eigenvalue weighted by atomic mass is 9.93. The van der Waals surface area contributed by atoms with Gasteiger partial charge in [0.1, 0.15) is 0 Å². The molecule has 180 valence electrons. The van der Waals surface area contributed by atoms with Crippen molar-refractivity contribution < 1.29 is 24.2 Å². The van der Waals surface area contributed by atoms with Crippen LogP contribution in [0.4, 0.5) is 5.69 Å². The summed E-state index contributed by atoms with van der Waals surface area (Å²) in [6.07, 6.45) is 0.699. The number of carbonyl (C=O) groups is 2. The fourth-order valence-electron chi connectivity index (χ4n) is 4.33. The molecule has 1 atom stereocenters. The highest BCUT2D eigenvalue weighted by Gasteiger charge is 2.44. The van der Waals surface area contributed by atoms with Crippen molar-refractivity contribution in [3.05, 3.63) is 101 Å². The molecule has 3 aromatic rings. The molecule has 0 bridgehead atoms. The molecule has 0 aromatic heterocycles. The molecule has 4 rings (SSSR count). The number of hydrogen-bond acceptors (Lipinski definition) is 5. The van der Waals surface area contributed by atoms with Crippen LogP contribution in [-0.4, -0.2) is 30.0 Å². The van der Waals surface area contributed by atoms with Crippen molar-refractivity contribution in [1.29, 1.82) is 0 Å². The molecule has 6 nitrogen and oxygen atoms in total. The van der Waals surface area contributed by atoms with E-state index in [0.29, 0.717) is 36.8 Å². The number of carbonyl (C=O) groups excluding carboxylic acids is 2. The van der Waals surface area contributed by atoms with E-state index < -0.39 is 17.7 Å². The number of benzene rings is 3. The maximum Gasteiger partial charge on any atom is 0.294 e. The van der Waals surface area contributed by atoms with E-state index in [2.05, 4.69) is 0 Å².